The molecule has 3 atom stereocenters. The Bertz CT molecular complexity index is 1370. The van der Waals surface area contributed by atoms with Gasteiger partial charge in [-0.05, 0) is 53.4 Å². The number of halogens is 4. The average molecular weight is 598 g/mol. The summed E-state index contributed by atoms with van der Waals surface area (Å²) in [5.41, 5.74) is 1.40. The Morgan fingerprint density at radius 1 is 1.00 bits per heavy atom. The van der Waals surface area contributed by atoms with Gasteiger partial charge in [0.25, 0.3) is 0 Å². The summed E-state index contributed by atoms with van der Waals surface area (Å²) in [4.78, 5) is 15.6. The van der Waals surface area contributed by atoms with Crippen LogP contribution in [0.3, 0.4) is 0 Å². The first-order valence-electron chi connectivity index (χ1n) is 12.2. The van der Waals surface area contributed by atoms with Gasteiger partial charge < -0.3 is 5.11 Å². The van der Waals surface area contributed by atoms with Crippen molar-refractivity contribution in [2.45, 2.75) is 31.5 Å². The lowest BCUT2D eigenvalue weighted by Gasteiger charge is -2.54. The lowest BCUT2D eigenvalue weighted by Crippen LogP contribution is -2.71. The molecular weight excluding hydrogens is 569 g/mol. The predicted molar refractivity (Wildman–Crippen MR) is 149 cm³/mol. The fourth-order valence-corrected chi connectivity index (χ4v) is 6.48. The molecule has 0 aliphatic carbocycles. The molecule has 3 aromatic carbocycles. The lowest BCUT2D eigenvalue weighted by molar-refractivity contribution is -0.132. The number of carbonyl (C=O) groups is 1. The van der Waals surface area contributed by atoms with Crippen molar-refractivity contribution in [1.29, 1.82) is 0 Å². The number of anilines is 1. The number of carbonyl (C=O) groups excluding carboxylic acids is 1. The van der Waals surface area contributed by atoms with Crippen molar-refractivity contribution in [2.24, 2.45) is 5.92 Å². The third kappa shape index (κ3) is 6.61. The summed E-state index contributed by atoms with van der Waals surface area (Å²) in [6.45, 7) is 1.57. The minimum Gasteiger partial charge on any atom is -0.396 e. The third-order valence-corrected chi connectivity index (χ3v) is 8.47. The first-order chi connectivity index (χ1) is 18.4. The van der Waals surface area contributed by atoms with E-state index in [4.69, 9.17) is 23.2 Å². The van der Waals surface area contributed by atoms with Crippen molar-refractivity contribution in [3.8, 4) is 0 Å². The van der Waals surface area contributed by atoms with Gasteiger partial charge in [-0.2, -0.15) is 0 Å². The molecule has 39 heavy (non-hydrogen) atoms. The van der Waals surface area contributed by atoms with Crippen molar-refractivity contribution in [1.82, 2.24) is 4.90 Å². The molecule has 3 aromatic rings. The van der Waals surface area contributed by atoms with Gasteiger partial charge in [0.2, 0.25) is 10.0 Å². The highest BCUT2D eigenvalue weighted by molar-refractivity contribution is 7.92. The number of ketones is 1. The smallest absolute Gasteiger partial charge is 0.232 e. The number of Topliss-reactive ketones (excluding diaryl/α,β-unsaturated/α-hetero) is 1. The van der Waals surface area contributed by atoms with Crippen LogP contribution in [0.1, 0.15) is 30.5 Å². The Morgan fingerprint density at radius 3 is 1.92 bits per heavy atom. The van der Waals surface area contributed by atoms with E-state index in [0.29, 0.717) is 16.1 Å². The standard InChI is InChI=1S/C28H28Cl2F2N2O4S/c1-17(16-35)11-26(36)28-25(34(39(2,37)38)24-13-22(31)12-23(32)14-24)15-33(28)27(18-3-7-20(29)8-4-18)19-5-9-21(30)10-6-19/h3-10,12-14,17,25,27-28,35H,11,15-16H2,1-2H3/t17-,25?,28-/m0/s1. The maximum absolute atomic E-state index is 14.2. The highest BCUT2D eigenvalue weighted by atomic mass is 35.5. The monoisotopic (exact) mass is 596 g/mol. The number of aliphatic hydroxyl groups excluding tert-OH is 1. The number of likely N-dealkylation sites (tertiary alicyclic amines) is 1. The molecule has 1 fully saturated rings. The van der Waals surface area contributed by atoms with E-state index in [1.807, 2.05) is 29.2 Å². The molecule has 0 aromatic heterocycles. The summed E-state index contributed by atoms with van der Waals surface area (Å²) < 4.78 is 55.3. The van der Waals surface area contributed by atoms with Crippen molar-refractivity contribution in [3.63, 3.8) is 0 Å². The summed E-state index contributed by atoms with van der Waals surface area (Å²) in [7, 11) is -4.06. The van der Waals surface area contributed by atoms with E-state index >= 15 is 0 Å². The van der Waals surface area contributed by atoms with E-state index in [2.05, 4.69) is 0 Å². The highest BCUT2D eigenvalue weighted by Gasteiger charge is 2.52. The second kappa shape index (κ2) is 11.9. The number of hydrogen-bond donors (Lipinski definition) is 1. The second-order valence-electron chi connectivity index (χ2n) is 9.86. The molecule has 0 bridgehead atoms. The number of benzene rings is 3. The topological polar surface area (TPSA) is 77.9 Å². The van der Waals surface area contributed by atoms with Gasteiger partial charge in [0.15, 0.2) is 5.78 Å². The van der Waals surface area contributed by atoms with Gasteiger partial charge in [0.05, 0.1) is 30.1 Å². The van der Waals surface area contributed by atoms with E-state index in [0.717, 1.165) is 33.8 Å². The molecule has 0 radical (unpaired) electrons. The molecule has 6 nitrogen and oxygen atoms in total. The van der Waals surface area contributed by atoms with Crippen LogP contribution in [0.5, 0.6) is 0 Å². The zero-order valence-electron chi connectivity index (χ0n) is 21.3. The molecule has 1 saturated heterocycles. The average Bonchev–Trinajstić information content (AvgIpc) is 2.83. The molecule has 11 heteroatoms. The van der Waals surface area contributed by atoms with E-state index in [1.54, 1.807) is 31.2 Å². The molecule has 4 rings (SSSR count). The van der Waals surface area contributed by atoms with Crippen LogP contribution in [0.2, 0.25) is 10.0 Å². The Labute approximate surface area is 236 Å². The minimum atomic E-state index is -4.06. The second-order valence-corrected chi connectivity index (χ2v) is 12.6. The van der Waals surface area contributed by atoms with Crippen LogP contribution in [-0.2, 0) is 14.8 Å². The predicted octanol–water partition coefficient (Wildman–Crippen LogP) is 5.47. The van der Waals surface area contributed by atoms with Gasteiger partial charge in [0, 0.05) is 35.7 Å². The van der Waals surface area contributed by atoms with Crippen LogP contribution in [0.4, 0.5) is 14.5 Å². The maximum atomic E-state index is 14.2. The van der Waals surface area contributed by atoms with Crippen molar-refractivity contribution in [3.05, 3.63) is 99.5 Å². The molecule has 0 spiro atoms. The Hall–Kier alpha value is -2.56. The third-order valence-electron chi connectivity index (χ3n) is 6.77. The molecule has 1 unspecified atom stereocenters. The molecular formula is C28H28Cl2F2N2O4S. The van der Waals surface area contributed by atoms with Crippen LogP contribution in [0.15, 0.2) is 66.7 Å². The number of aliphatic hydroxyl groups is 1. The molecule has 1 N–H and O–H groups in total. The first-order valence-corrected chi connectivity index (χ1v) is 14.8. The molecule has 0 saturated carbocycles. The summed E-state index contributed by atoms with van der Waals surface area (Å²) in [6, 6.07) is 14.3. The van der Waals surface area contributed by atoms with Crippen molar-refractivity contribution in [2.75, 3.05) is 23.7 Å². The first kappa shape index (κ1) is 29.4. The minimum absolute atomic E-state index is 0.0166. The Morgan fingerprint density at radius 2 is 1.49 bits per heavy atom. The van der Waals surface area contributed by atoms with Crippen molar-refractivity contribution >= 4 is 44.7 Å². The lowest BCUT2D eigenvalue weighted by atomic mass is 9.83. The summed E-state index contributed by atoms with van der Waals surface area (Å²) in [5.74, 6) is -2.55. The number of nitrogens with zero attached hydrogens (tertiary/aromatic N) is 2. The van der Waals surface area contributed by atoms with Gasteiger partial charge in [-0.1, -0.05) is 54.4 Å². The van der Waals surface area contributed by atoms with Crippen molar-refractivity contribution < 1.29 is 27.1 Å². The summed E-state index contributed by atoms with van der Waals surface area (Å²) in [5, 5.41) is 10.7. The molecule has 1 heterocycles. The number of hydrogen-bond acceptors (Lipinski definition) is 5. The van der Waals surface area contributed by atoms with E-state index in [-0.39, 0.29) is 37.0 Å². The van der Waals surface area contributed by atoms with Gasteiger partial charge in [-0.15, -0.1) is 0 Å². The zero-order chi connectivity index (χ0) is 28.5. The fourth-order valence-electron chi connectivity index (χ4n) is 5.07. The largest absolute Gasteiger partial charge is 0.396 e. The molecule has 1 aliphatic heterocycles. The van der Waals surface area contributed by atoms with Crippen LogP contribution in [0, 0.1) is 17.6 Å². The quantitative estimate of drug-likeness (QED) is 0.336. The summed E-state index contributed by atoms with van der Waals surface area (Å²) in [6.07, 6.45) is 0.920. The Balaban J connectivity index is 1.83. The molecule has 208 valence electrons. The number of sulfonamides is 1. The van der Waals surface area contributed by atoms with Gasteiger partial charge in [-0.25, -0.2) is 17.2 Å². The summed E-state index contributed by atoms with van der Waals surface area (Å²) >= 11 is 12.3. The van der Waals surface area contributed by atoms with E-state index in [9.17, 15) is 27.1 Å². The maximum Gasteiger partial charge on any atom is 0.232 e. The number of rotatable bonds is 10. The Kier molecular flexibility index (Phi) is 8.98. The van der Waals surface area contributed by atoms with Crippen LogP contribution in [0.25, 0.3) is 0 Å². The van der Waals surface area contributed by atoms with E-state index in [1.165, 1.54) is 0 Å². The van der Waals surface area contributed by atoms with Crippen LogP contribution >= 0.6 is 23.2 Å². The fraction of sp³-hybridized carbons (Fsp3) is 0.321. The SMILES string of the molecule is C[C@H](CO)CC(=O)[C@@H]1C(N(c2cc(F)cc(F)c2)S(C)(=O)=O)CN1C(c1ccc(Cl)cc1)c1ccc(Cl)cc1. The van der Waals surface area contributed by atoms with Gasteiger partial charge in [0.1, 0.15) is 11.6 Å². The molecule has 1 aliphatic rings. The normalized spacial score (nSPS) is 18.6. The van der Waals surface area contributed by atoms with E-state index < -0.39 is 39.8 Å². The zero-order valence-corrected chi connectivity index (χ0v) is 23.6. The van der Waals surface area contributed by atoms with Gasteiger partial charge >= 0.3 is 0 Å². The highest BCUT2D eigenvalue weighted by Crippen LogP contribution is 2.41. The van der Waals surface area contributed by atoms with Crippen LogP contribution in [-0.4, -0.2) is 55.7 Å². The van der Waals surface area contributed by atoms with Crippen LogP contribution < -0.4 is 4.31 Å². The van der Waals surface area contributed by atoms with Gasteiger partial charge in [-0.3, -0.25) is 14.0 Å². The molecule has 0 amide bonds.